The molecule has 2 rings (SSSR count). The zero-order chi connectivity index (χ0) is 17.3. The lowest BCUT2D eigenvalue weighted by Crippen LogP contribution is -2.63. The van der Waals surface area contributed by atoms with Crippen molar-refractivity contribution in [3.63, 3.8) is 0 Å². The second-order valence-corrected chi connectivity index (χ2v) is 5.36. The van der Waals surface area contributed by atoms with Gasteiger partial charge in [0.25, 0.3) is 0 Å². The van der Waals surface area contributed by atoms with Crippen molar-refractivity contribution >= 4 is 5.78 Å². The highest BCUT2D eigenvalue weighted by Gasteiger charge is 2.50. The molecule has 7 N–H and O–H groups in total. The summed E-state index contributed by atoms with van der Waals surface area (Å²) < 4.78 is 15.0. The molecule has 0 bridgehead atoms. The molecule has 0 aromatic heterocycles. The van der Waals surface area contributed by atoms with Gasteiger partial charge >= 0.3 is 0 Å². The number of carbonyl (C=O) groups is 1. The lowest BCUT2D eigenvalue weighted by Gasteiger charge is -2.43. The molecule has 0 aromatic carbocycles. The molecule has 2 saturated heterocycles. The predicted octanol–water partition coefficient (Wildman–Crippen LogP) is -5.19. The Kier molecular flexibility index (Phi) is 6.02. The fourth-order valence-electron chi connectivity index (χ4n) is 2.45. The van der Waals surface area contributed by atoms with Crippen LogP contribution in [0.1, 0.15) is 0 Å². The van der Waals surface area contributed by atoms with E-state index in [1.165, 1.54) is 0 Å². The first kappa shape index (κ1) is 18.6. The number of hydrogen-bond donors (Lipinski definition) is 7. The minimum atomic E-state index is -1.88. The molecule has 0 spiro atoms. The molecule has 0 radical (unpaired) electrons. The van der Waals surface area contributed by atoms with E-state index in [-0.39, 0.29) is 0 Å². The third-order valence-electron chi connectivity index (χ3n) is 3.83. The van der Waals surface area contributed by atoms with Gasteiger partial charge in [0.05, 0.1) is 13.2 Å². The van der Waals surface area contributed by atoms with Crippen molar-refractivity contribution in [3.05, 3.63) is 0 Å². The van der Waals surface area contributed by atoms with E-state index in [2.05, 4.69) is 0 Å². The number of hydrogen-bond acceptors (Lipinski definition) is 11. The molecule has 23 heavy (non-hydrogen) atoms. The molecular weight excluding hydrogens is 320 g/mol. The Bertz CT molecular complexity index is 416. The highest BCUT2D eigenvalue weighted by atomic mass is 16.7. The molecule has 2 heterocycles. The van der Waals surface area contributed by atoms with Crippen molar-refractivity contribution in [1.82, 2.24) is 0 Å². The van der Waals surface area contributed by atoms with Gasteiger partial charge in [0.2, 0.25) is 12.1 Å². The third kappa shape index (κ3) is 3.53. The number of rotatable bonds is 4. The van der Waals surface area contributed by atoms with Crippen LogP contribution in [-0.4, -0.2) is 110 Å². The van der Waals surface area contributed by atoms with Crippen LogP contribution in [0.5, 0.6) is 0 Å². The summed E-state index contributed by atoms with van der Waals surface area (Å²) in [6.45, 7) is -1.42. The SMILES string of the molecule is O=C1C(OC2C(CO)OC(O)C(O)C2O)OC(CO)C(O)C1O. The van der Waals surface area contributed by atoms with Gasteiger partial charge in [0.15, 0.2) is 6.29 Å². The largest absolute Gasteiger partial charge is 0.394 e. The van der Waals surface area contributed by atoms with Crippen LogP contribution in [0.15, 0.2) is 0 Å². The Labute approximate surface area is 130 Å². The van der Waals surface area contributed by atoms with Gasteiger partial charge in [-0.05, 0) is 0 Å². The first-order valence-corrected chi connectivity index (χ1v) is 6.94. The van der Waals surface area contributed by atoms with Gasteiger partial charge in [-0.3, -0.25) is 4.79 Å². The fraction of sp³-hybridized carbons (Fsp3) is 0.917. The summed E-state index contributed by atoms with van der Waals surface area (Å²) in [4.78, 5) is 11.9. The van der Waals surface area contributed by atoms with E-state index >= 15 is 0 Å². The summed E-state index contributed by atoms with van der Waals surface area (Å²) in [5.74, 6) is -1.06. The van der Waals surface area contributed by atoms with Crippen LogP contribution in [0.4, 0.5) is 0 Å². The van der Waals surface area contributed by atoms with Gasteiger partial charge in [-0.15, -0.1) is 0 Å². The maximum atomic E-state index is 11.9. The van der Waals surface area contributed by atoms with Crippen LogP contribution in [0.25, 0.3) is 0 Å². The van der Waals surface area contributed by atoms with E-state index in [1.54, 1.807) is 0 Å². The number of Topliss-reactive ketones (excluding diaryl/α,β-unsaturated/α-hetero) is 1. The van der Waals surface area contributed by atoms with E-state index in [0.717, 1.165) is 0 Å². The topological polar surface area (TPSA) is 186 Å². The molecule has 9 unspecified atom stereocenters. The third-order valence-corrected chi connectivity index (χ3v) is 3.83. The molecule has 2 aliphatic heterocycles. The summed E-state index contributed by atoms with van der Waals surface area (Å²) in [5, 5.41) is 66.3. The Balaban J connectivity index is 2.13. The van der Waals surface area contributed by atoms with Crippen LogP contribution >= 0.6 is 0 Å². The Morgan fingerprint density at radius 3 is 2.04 bits per heavy atom. The van der Waals surface area contributed by atoms with E-state index in [4.69, 9.17) is 19.3 Å². The van der Waals surface area contributed by atoms with E-state index < -0.39 is 74.3 Å². The van der Waals surface area contributed by atoms with Crippen LogP contribution in [0.2, 0.25) is 0 Å². The monoisotopic (exact) mass is 340 g/mol. The molecule has 0 saturated carbocycles. The summed E-state index contributed by atoms with van der Waals surface area (Å²) in [6, 6.07) is 0. The summed E-state index contributed by atoms with van der Waals surface area (Å²) in [7, 11) is 0. The van der Waals surface area contributed by atoms with Gasteiger partial charge in [0.1, 0.15) is 42.7 Å². The van der Waals surface area contributed by atoms with Crippen molar-refractivity contribution in [2.45, 2.75) is 55.3 Å². The molecule has 0 aromatic rings. The molecule has 2 fully saturated rings. The van der Waals surface area contributed by atoms with Gasteiger partial charge in [-0.25, -0.2) is 0 Å². The lowest BCUT2D eigenvalue weighted by atomic mass is 9.97. The van der Waals surface area contributed by atoms with Crippen LogP contribution in [-0.2, 0) is 19.0 Å². The van der Waals surface area contributed by atoms with Gasteiger partial charge in [0, 0.05) is 0 Å². The van der Waals surface area contributed by atoms with Crippen molar-refractivity contribution in [2.24, 2.45) is 0 Å². The van der Waals surface area contributed by atoms with Crippen LogP contribution < -0.4 is 0 Å². The molecule has 0 amide bonds. The van der Waals surface area contributed by atoms with Crippen LogP contribution in [0, 0.1) is 0 Å². The Hall–Kier alpha value is -0.730. The second kappa shape index (κ2) is 7.44. The highest BCUT2D eigenvalue weighted by Crippen LogP contribution is 2.26. The van der Waals surface area contributed by atoms with E-state index in [1.807, 2.05) is 0 Å². The maximum Gasteiger partial charge on any atom is 0.221 e. The van der Waals surface area contributed by atoms with Crippen molar-refractivity contribution in [2.75, 3.05) is 13.2 Å². The smallest absolute Gasteiger partial charge is 0.221 e. The maximum absolute atomic E-state index is 11.9. The minimum absolute atomic E-state index is 0.707. The van der Waals surface area contributed by atoms with Crippen molar-refractivity contribution < 1.29 is 54.8 Å². The minimum Gasteiger partial charge on any atom is -0.394 e. The summed E-state index contributed by atoms with van der Waals surface area (Å²) in [5.41, 5.74) is 0. The second-order valence-electron chi connectivity index (χ2n) is 5.36. The normalized spacial score (nSPS) is 48.5. The average molecular weight is 340 g/mol. The Morgan fingerprint density at radius 1 is 0.870 bits per heavy atom. The number of aliphatic hydroxyl groups excluding tert-OH is 7. The number of ketones is 1. The number of carbonyl (C=O) groups excluding carboxylic acids is 1. The molecule has 9 atom stereocenters. The predicted molar refractivity (Wildman–Crippen MR) is 67.6 cm³/mol. The van der Waals surface area contributed by atoms with Gasteiger partial charge < -0.3 is 50.0 Å². The van der Waals surface area contributed by atoms with E-state index in [0.29, 0.717) is 0 Å². The number of ether oxygens (including phenoxy) is 3. The van der Waals surface area contributed by atoms with Gasteiger partial charge in [-0.2, -0.15) is 0 Å². The zero-order valence-corrected chi connectivity index (χ0v) is 11.9. The molecular formula is C12H20O11. The molecule has 2 aliphatic rings. The quantitative estimate of drug-likeness (QED) is 0.259. The first-order chi connectivity index (χ1) is 10.8. The zero-order valence-electron chi connectivity index (χ0n) is 11.9. The number of aliphatic hydroxyl groups is 7. The average Bonchev–Trinajstić information content (AvgIpc) is 2.55. The summed E-state index contributed by atoms with van der Waals surface area (Å²) >= 11 is 0. The van der Waals surface area contributed by atoms with Crippen LogP contribution in [0.3, 0.4) is 0 Å². The molecule has 11 nitrogen and oxygen atoms in total. The lowest BCUT2D eigenvalue weighted by molar-refractivity contribution is -0.324. The van der Waals surface area contributed by atoms with Crippen molar-refractivity contribution in [1.29, 1.82) is 0 Å². The molecule has 0 aliphatic carbocycles. The standard InChI is InChI=1S/C12H20O11/c13-1-3-5(15)6(16)9(19)12(22-3)23-10-4(2-14)21-11(20)8(18)7(10)17/h3-8,10-18,20H,1-2H2. The summed E-state index contributed by atoms with van der Waals surface area (Å²) in [6.07, 6.45) is -14.6. The molecule has 11 heteroatoms. The first-order valence-electron chi connectivity index (χ1n) is 6.94. The van der Waals surface area contributed by atoms with Crippen molar-refractivity contribution in [3.8, 4) is 0 Å². The molecule has 134 valence electrons. The Morgan fingerprint density at radius 2 is 1.48 bits per heavy atom. The van der Waals surface area contributed by atoms with Gasteiger partial charge in [-0.1, -0.05) is 0 Å². The van der Waals surface area contributed by atoms with E-state index in [9.17, 15) is 35.4 Å². The highest BCUT2D eigenvalue weighted by molar-refractivity contribution is 5.87. The fourth-order valence-corrected chi connectivity index (χ4v) is 2.45.